The third-order valence-corrected chi connectivity index (χ3v) is 6.12. The lowest BCUT2D eigenvalue weighted by molar-refractivity contribution is -0.113. The van der Waals surface area contributed by atoms with Gasteiger partial charge in [-0.1, -0.05) is 58.7 Å². The zero-order valence-corrected chi connectivity index (χ0v) is 18.7. The fourth-order valence-electron chi connectivity index (χ4n) is 2.49. The monoisotopic (exact) mass is 470 g/mol. The van der Waals surface area contributed by atoms with Gasteiger partial charge in [-0.25, -0.2) is 0 Å². The number of nitrogens with one attached hydrogen (secondary N) is 1. The number of benzene rings is 2. The van der Waals surface area contributed by atoms with E-state index < -0.39 is 0 Å². The second kappa shape index (κ2) is 9.71. The van der Waals surface area contributed by atoms with Gasteiger partial charge in [-0.2, -0.15) is 0 Å². The van der Waals surface area contributed by atoms with Crippen molar-refractivity contribution < 1.29 is 9.53 Å². The normalized spacial score (nSPS) is 10.8. The third-order valence-electron chi connectivity index (χ3n) is 4.06. The fraction of sp³-hybridized carbons (Fsp3) is 0.211. The lowest BCUT2D eigenvalue weighted by Gasteiger charge is -2.09. The van der Waals surface area contributed by atoms with E-state index in [0.29, 0.717) is 32.3 Å². The van der Waals surface area contributed by atoms with Gasteiger partial charge in [0.2, 0.25) is 5.91 Å². The summed E-state index contributed by atoms with van der Waals surface area (Å²) in [4.78, 5) is 12.3. The summed E-state index contributed by atoms with van der Waals surface area (Å²) >= 11 is 19.2. The number of thioether (sulfide) groups is 1. The van der Waals surface area contributed by atoms with Crippen LogP contribution in [0.3, 0.4) is 0 Å². The predicted octanol–water partition coefficient (Wildman–Crippen LogP) is 5.11. The maximum Gasteiger partial charge on any atom is 0.234 e. The summed E-state index contributed by atoms with van der Waals surface area (Å²) in [6, 6.07) is 10.8. The number of nitrogens with zero attached hydrogens (tertiary/aromatic N) is 3. The van der Waals surface area contributed by atoms with E-state index in [1.807, 2.05) is 35.9 Å². The van der Waals surface area contributed by atoms with E-state index in [1.54, 1.807) is 7.11 Å². The van der Waals surface area contributed by atoms with E-state index in [4.69, 9.17) is 39.5 Å². The molecule has 152 valence electrons. The second-order valence-electron chi connectivity index (χ2n) is 6.07. The maximum atomic E-state index is 12.3. The number of hydrogen-bond acceptors (Lipinski definition) is 5. The van der Waals surface area contributed by atoms with E-state index >= 15 is 0 Å². The van der Waals surface area contributed by atoms with Gasteiger partial charge in [-0.05, 0) is 29.8 Å². The van der Waals surface area contributed by atoms with Crippen LogP contribution in [0.15, 0.2) is 41.6 Å². The molecule has 29 heavy (non-hydrogen) atoms. The molecule has 0 aliphatic carbocycles. The van der Waals surface area contributed by atoms with Crippen molar-refractivity contribution in [1.29, 1.82) is 0 Å². The van der Waals surface area contributed by atoms with Crippen LogP contribution in [0.2, 0.25) is 15.1 Å². The molecule has 1 amide bonds. The van der Waals surface area contributed by atoms with E-state index in [9.17, 15) is 4.79 Å². The van der Waals surface area contributed by atoms with Crippen molar-refractivity contribution in [3.8, 4) is 5.75 Å². The molecule has 0 spiro atoms. The average molecular weight is 472 g/mol. The molecule has 0 saturated heterocycles. The van der Waals surface area contributed by atoms with E-state index in [0.717, 1.165) is 17.1 Å². The van der Waals surface area contributed by atoms with Crippen LogP contribution >= 0.6 is 46.6 Å². The number of carbonyl (C=O) groups excluding carboxylic acids is 1. The second-order valence-corrected chi connectivity index (χ2v) is 8.23. The quantitative estimate of drug-likeness (QED) is 0.383. The summed E-state index contributed by atoms with van der Waals surface area (Å²) in [5, 5.41) is 12.7. The number of hydrogen-bond donors (Lipinski definition) is 1. The predicted molar refractivity (Wildman–Crippen MR) is 118 cm³/mol. The highest BCUT2D eigenvalue weighted by molar-refractivity contribution is 7.99. The van der Waals surface area contributed by atoms with Gasteiger partial charge in [-0.3, -0.25) is 4.79 Å². The third kappa shape index (κ3) is 5.57. The summed E-state index contributed by atoms with van der Waals surface area (Å²) in [7, 11) is 3.50. The Bertz CT molecular complexity index is 1030. The lowest BCUT2D eigenvalue weighted by Crippen LogP contribution is -2.15. The largest absolute Gasteiger partial charge is 0.497 e. The molecule has 3 rings (SSSR count). The number of anilines is 1. The van der Waals surface area contributed by atoms with E-state index in [2.05, 4.69) is 15.5 Å². The van der Waals surface area contributed by atoms with Crippen LogP contribution in [0.5, 0.6) is 5.75 Å². The Kier molecular flexibility index (Phi) is 7.29. The average Bonchev–Trinajstić information content (AvgIpc) is 3.04. The zero-order valence-electron chi connectivity index (χ0n) is 15.6. The molecule has 0 aliphatic heterocycles. The first-order valence-corrected chi connectivity index (χ1v) is 10.6. The molecule has 6 nitrogen and oxygen atoms in total. The highest BCUT2D eigenvalue weighted by Crippen LogP contribution is 2.32. The Hall–Kier alpha value is -1.93. The first kappa shape index (κ1) is 21.8. The maximum absolute atomic E-state index is 12.3. The van der Waals surface area contributed by atoms with Crippen molar-refractivity contribution in [2.75, 3.05) is 18.2 Å². The molecule has 1 N–H and O–H groups in total. The first-order valence-electron chi connectivity index (χ1n) is 8.45. The topological polar surface area (TPSA) is 69.0 Å². The molecule has 1 aromatic heterocycles. The number of amides is 1. The number of halogens is 3. The van der Waals surface area contributed by atoms with E-state index in [-0.39, 0.29) is 11.7 Å². The van der Waals surface area contributed by atoms with Crippen molar-refractivity contribution in [1.82, 2.24) is 14.8 Å². The summed E-state index contributed by atoms with van der Waals surface area (Å²) in [6.07, 6.45) is 0.624. The fourth-order valence-corrected chi connectivity index (χ4v) is 3.81. The Balaban J connectivity index is 1.59. The van der Waals surface area contributed by atoms with Gasteiger partial charge >= 0.3 is 0 Å². The summed E-state index contributed by atoms with van der Waals surface area (Å²) < 4.78 is 7.04. The van der Waals surface area contributed by atoms with Gasteiger partial charge in [0.25, 0.3) is 0 Å². The first-order chi connectivity index (χ1) is 13.9. The molecular formula is C19H17Cl3N4O2S. The molecule has 0 fully saturated rings. The lowest BCUT2D eigenvalue weighted by atomic mass is 10.1. The number of carbonyl (C=O) groups is 1. The van der Waals surface area contributed by atoms with Crippen LogP contribution in [-0.2, 0) is 18.3 Å². The van der Waals surface area contributed by atoms with Crippen molar-refractivity contribution in [2.24, 2.45) is 7.05 Å². The van der Waals surface area contributed by atoms with Crippen LogP contribution in [0.25, 0.3) is 0 Å². The van der Waals surface area contributed by atoms with Gasteiger partial charge in [0.15, 0.2) is 5.16 Å². The van der Waals surface area contributed by atoms with Crippen molar-refractivity contribution >= 4 is 58.2 Å². The van der Waals surface area contributed by atoms with Gasteiger partial charge in [0, 0.05) is 13.5 Å². The Morgan fingerprint density at radius 1 is 1.10 bits per heavy atom. The van der Waals surface area contributed by atoms with Crippen LogP contribution in [0, 0.1) is 0 Å². The molecule has 2 aromatic carbocycles. The van der Waals surface area contributed by atoms with Gasteiger partial charge in [-0.15, -0.1) is 10.2 Å². The number of aromatic nitrogens is 3. The van der Waals surface area contributed by atoms with Gasteiger partial charge < -0.3 is 14.6 Å². The Labute approximate surface area is 187 Å². The van der Waals surface area contributed by atoms with Crippen molar-refractivity contribution in [3.63, 3.8) is 0 Å². The molecule has 0 atom stereocenters. The summed E-state index contributed by atoms with van der Waals surface area (Å²) in [5.41, 5.74) is 1.50. The summed E-state index contributed by atoms with van der Waals surface area (Å²) in [5.74, 6) is 1.50. The molecule has 0 bridgehead atoms. The number of methoxy groups -OCH3 is 1. The van der Waals surface area contributed by atoms with Crippen molar-refractivity contribution in [3.05, 3.63) is 62.9 Å². The zero-order chi connectivity index (χ0) is 21.0. The van der Waals surface area contributed by atoms with Gasteiger partial charge in [0.1, 0.15) is 11.6 Å². The smallest absolute Gasteiger partial charge is 0.234 e. The molecule has 0 aliphatic rings. The van der Waals surface area contributed by atoms with Crippen molar-refractivity contribution in [2.45, 2.75) is 11.6 Å². The minimum atomic E-state index is -0.241. The molecule has 10 heteroatoms. The standard InChI is InChI=1S/C19H17Cl3N4O2S/c1-26-17(7-11-3-5-12(28-2)6-4-11)24-25-19(26)29-10-18(27)23-16-9-14(21)13(20)8-15(16)22/h3-6,8-9H,7,10H2,1-2H3,(H,23,27). The minimum absolute atomic E-state index is 0.144. The van der Waals surface area contributed by atoms with Crippen LogP contribution < -0.4 is 10.1 Å². The SMILES string of the molecule is COc1ccc(Cc2nnc(SCC(=O)Nc3cc(Cl)c(Cl)cc3Cl)n2C)cc1. The number of ether oxygens (including phenoxy) is 1. The van der Waals surface area contributed by atoms with Crippen LogP contribution in [0.4, 0.5) is 5.69 Å². The highest BCUT2D eigenvalue weighted by Gasteiger charge is 2.14. The Morgan fingerprint density at radius 3 is 2.48 bits per heavy atom. The molecule has 3 aromatic rings. The summed E-state index contributed by atoms with van der Waals surface area (Å²) in [6.45, 7) is 0. The molecule has 0 unspecified atom stereocenters. The molecule has 1 heterocycles. The van der Waals surface area contributed by atoms with Gasteiger partial charge in [0.05, 0.1) is 33.6 Å². The minimum Gasteiger partial charge on any atom is -0.497 e. The van der Waals surface area contributed by atoms with E-state index in [1.165, 1.54) is 23.9 Å². The number of rotatable bonds is 7. The molecule has 0 radical (unpaired) electrons. The highest BCUT2D eigenvalue weighted by atomic mass is 35.5. The van der Waals surface area contributed by atoms with Crippen LogP contribution in [-0.4, -0.2) is 33.5 Å². The van der Waals surface area contributed by atoms with Crippen LogP contribution in [0.1, 0.15) is 11.4 Å². The Morgan fingerprint density at radius 2 is 1.79 bits per heavy atom. The molecule has 0 saturated carbocycles. The molecular weight excluding hydrogens is 455 g/mol.